The van der Waals surface area contributed by atoms with Crippen LogP contribution in [-0.4, -0.2) is 51.4 Å². The van der Waals surface area contributed by atoms with Crippen LogP contribution in [0.1, 0.15) is 31.4 Å². The number of anilines is 1. The van der Waals surface area contributed by atoms with Crippen molar-refractivity contribution in [3.8, 4) is 5.75 Å². The lowest BCUT2D eigenvalue weighted by atomic mass is 10.1. The fourth-order valence-corrected chi connectivity index (χ4v) is 5.46. The van der Waals surface area contributed by atoms with Gasteiger partial charge in [-0.3, -0.25) is 13.9 Å². The normalized spacial score (nSPS) is 11.9. The highest BCUT2D eigenvalue weighted by atomic mass is 35.5. The summed E-state index contributed by atoms with van der Waals surface area (Å²) in [7, 11) is -2.60. The Morgan fingerprint density at radius 3 is 2.31 bits per heavy atom. The number of amides is 2. The molecular weight excluding hydrogens is 538 g/mol. The van der Waals surface area contributed by atoms with Gasteiger partial charge in [-0.1, -0.05) is 48.4 Å². The molecule has 3 aromatic carbocycles. The minimum Gasteiger partial charge on any atom is -0.497 e. The molecule has 0 fully saturated rings. The molecule has 8 nitrogen and oxygen atoms in total. The predicted octanol–water partition coefficient (Wildman–Crippen LogP) is 4.80. The Bertz CT molecular complexity index is 1380. The summed E-state index contributed by atoms with van der Waals surface area (Å²) in [5.74, 6) is -0.250. The molecule has 0 heterocycles. The lowest BCUT2D eigenvalue weighted by molar-refractivity contribution is -0.139. The van der Waals surface area contributed by atoms with Crippen molar-refractivity contribution in [1.82, 2.24) is 10.2 Å². The summed E-state index contributed by atoms with van der Waals surface area (Å²) in [5.41, 5.74) is 2.00. The molecule has 208 valence electrons. The molecule has 1 atom stereocenters. The van der Waals surface area contributed by atoms with Crippen LogP contribution in [0.15, 0.2) is 77.7 Å². The van der Waals surface area contributed by atoms with Crippen LogP contribution in [0.3, 0.4) is 0 Å². The standard InChI is InChI=1S/C29H34ClN3O5S/c1-5-17-31-29(35)22(3)32(19-23-7-6-8-26(18-23)38-4)28(34)20-33(25-13-9-21(2)10-14-25)39(36,37)27-15-11-24(30)12-16-27/h6-16,18,22H,5,17,19-20H2,1-4H3,(H,31,35). The summed E-state index contributed by atoms with van der Waals surface area (Å²) in [6.07, 6.45) is 0.739. The number of carbonyl (C=O) groups is 2. The number of rotatable bonds is 12. The van der Waals surface area contributed by atoms with Gasteiger partial charge in [0.1, 0.15) is 18.3 Å². The van der Waals surface area contributed by atoms with Crippen molar-refractivity contribution in [1.29, 1.82) is 0 Å². The highest BCUT2D eigenvalue weighted by molar-refractivity contribution is 7.92. The number of hydrogen-bond donors (Lipinski definition) is 1. The van der Waals surface area contributed by atoms with E-state index >= 15 is 0 Å². The zero-order chi connectivity index (χ0) is 28.6. The van der Waals surface area contributed by atoms with E-state index in [2.05, 4.69) is 5.32 Å². The van der Waals surface area contributed by atoms with Gasteiger partial charge in [0.15, 0.2) is 0 Å². The number of halogens is 1. The topological polar surface area (TPSA) is 96.0 Å². The molecule has 2 amide bonds. The Morgan fingerprint density at radius 2 is 1.69 bits per heavy atom. The first-order valence-electron chi connectivity index (χ1n) is 12.6. The van der Waals surface area contributed by atoms with Crippen molar-refractivity contribution in [2.45, 2.75) is 44.7 Å². The summed E-state index contributed by atoms with van der Waals surface area (Å²) in [5, 5.41) is 3.22. The lowest BCUT2D eigenvalue weighted by Gasteiger charge is -2.32. The van der Waals surface area contributed by atoms with Crippen molar-refractivity contribution >= 4 is 39.1 Å². The second kappa shape index (κ2) is 13.5. The maximum atomic E-state index is 13.9. The van der Waals surface area contributed by atoms with Crippen molar-refractivity contribution in [3.63, 3.8) is 0 Å². The number of methoxy groups -OCH3 is 1. The summed E-state index contributed by atoms with van der Waals surface area (Å²) in [6.45, 7) is 5.49. The average Bonchev–Trinajstić information content (AvgIpc) is 2.93. The third kappa shape index (κ3) is 7.74. The molecule has 0 radical (unpaired) electrons. The van der Waals surface area contributed by atoms with Gasteiger partial charge in [-0.2, -0.15) is 0 Å². The van der Waals surface area contributed by atoms with Gasteiger partial charge in [-0.15, -0.1) is 0 Å². The SMILES string of the molecule is CCCNC(=O)C(C)N(Cc1cccc(OC)c1)C(=O)CN(c1ccc(C)cc1)S(=O)(=O)c1ccc(Cl)cc1. The second-order valence-electron chi connectivity index (χ2n) is 9.14. The Morgan fingerprint density at radius 1 is 1.03 bits per heavy atom. The van der Waals surface area contributed by atoms with Crippen molar-refractivity contribution in [2.24, 2.45) is 0 Å². The van der Waals surface area contributed by atoms with Gasteiger partial charge in [-0.25, -0.2) is 8.42 Å². The number of nitrogens with zero attached hydrogens (tertiary/aromatic N) is 2. The Hall–Kier alpha value is -3.56. The smallest absolute Gasteiger partial charge is 0.264 e. The lowest BCUT2D eigenvalue weighted by Crippen LogP contribution is -2.51. The molecule has 0 aromatic heterocycles. The van der Waals surface area contributed by atoms with Crippen LogP contribution in [-0.2, 0) is 26.2 Å². The molecule has 3 aromatic rings. The van der Waals surface area contributed by atoms with Crippen LogP contribution in [0.4, 0.5) is 5.69 Å². The first-order chi connectivity index (χ1) is 18.6. The predicted molar refractivity (Wildman–Crippen MR) is 153 cm³/mol. The van der Waals surface area contributed by atoms with E-state index < -0.39 is 28.5 Å². The maximum Gasteiger partial charge on any atom is 0.264 e. The number of sulfonamides is 1. The van der Waals surface area contributed by atoms with E-state index in [0.717, 1.165) is 21.9 Å². The van der Waals surface area contributed by atoms with Gasteiger partial charge in [0.05, 0.1) is 17.7 Å². The third-order valence-electron chi connectivity index (χ3n) is 6.21. The van der Waals surface area contributed by atoms with Gasteiger partial charge >= 0.3 is 0 Å². The molecule has 0 aliphatic rings. The van der Waals surface area contributed by atoms with E-state index in [-0.39, 0.29) is 17.3 Å². The van der Waals surface area contributed by atoms with Crippen LogP contribution in [0.25, 0.3) is 0 Å². The van der Waals surface area contributed by atoms with Crippen molar-refractivity contribution in [3.05, 3.63) is 88.9 Å². The molecule has 0 aliphatic carbocycles. The van der Waals surface area contributed by atoms with E-state index in [4.69, 9.17) is 16.3 Å². The Balaban J connectivity index is 2.02. The molecule has 0 saturated carbocycles. The van der Waals surface area contributed by atoms with E-state index in [1.165, 1.54) is 29.2 Å². The van der Waals surface area contributed by atoms with Gasteiger partial charge < -0.3 is 15.0 Å². The number of hydrogen-bond acceptors (Lipinski definition) is 5. The zero-order valence-corrected chi connectivity index (χ0v) is 24.1. The molecular formula is C29H34ClN3O5S. The molecule has 0 saturated heterocycles. The average molecular weight is 572 g/mol. The van der Waals surface area contributed by atoms with Gasteiger partial charge in [-0.05, 0) is 74.4 Å². The number of carbonyl (C=O) groups excluding carboxylic acids is 2. The Kier molecular flexibility index (Phi) is 10.4. The van der Waals surface area contributed by atoms with Crippen LogP contribution in [0, 0.1) is 6.92 Å². The summed E-state index contributed by atoms with van der Waals surface area (Å²) < 4.78 is 34.0. The van der Waals surface area contributed by atoms with E-state index in [9.17, 15) is 18.0 Å². The fourth-order valence-electron chi connectivity index (χ4n) is 3.92. The van der Waals surface area contributed by atoms with E-state index in [1.54, 1.807) is 56.5 Å². The first-order valence-corrected chi connectivity index (χ1v) is 14.4. The quantitative estimate of drug-likeness (QED) is 0.337. The van der Waals surface area contributed by atoms with Crippen molar-refractivity contribution in [2.75, 3.05) is 24.5 Å². The maximum absolute atomic E-state index is 13.9. The molecule has 1 unspecified atom stereocenters. The minimum absolute atomic E-state index is 0.00615. The van der Waals surface area contributed by atoms with Crippen LogP contribution in [0.2, 0.25) is 5.02 Å². The highest BCUT2D eigenvalue weighted by Gasteiger charge is 2.32. The summed E-state index contributed by atoms with van der Waals surface area (Å²) >= 11 is 5.98. The van der Waals surface area contributed by atoms with Crippen LogP contribution >= 0.6 is 11.6 Å². The second-order valence-corrected chi connectivity index (χ2v) is 11.4. The first kappa shape index (κ1) is 30.0. The summed E-state index contributed by atoms with van der Waals surface area (Å²) in [4.78, 5) is 28.2. The van der Waals surface area contributed by atoms with E-state index in [1.807, 2.05) is 19.9 Å². The Labute approximate surface area is 235 Å². The third-order valence-corrected chi connectivity index (χ3v) is 8.25. The largest absolute Gasteiger partial charge is 0.497 e. The number of benzene rings is 3. The molecule has 0 aliphatic heterocycles. The number of nitrogens with one attached hydrogen (secondary N) is 1. The fraction of sp³-hybridized carbons (Fsp3) is 0.310. The van der Waals surface area contributed by atoms with Crippen molar-refractivity contribution < 1.29 is 22.7 Å². The van der Waals surface area contributed by atoms with Gasteiger partial charge in [0.2, 0.25) is 11.8 Å². The monoisotopic (exact) mass is 571 g/mol. The molecule has 39 heavy (non-hydrogen) atoms. The van der Waals surface area contributed by atoms with Crippen LogP contribution in [0.5, 0.6) is 5.75 Å². The van der Waals surface area contributed by atoms with E-state index in [0.29, 0.717) is 23.0 Å². The molecule has 10 heteroatoms. The van der Waals surface area contributed by atoms with Gasteiger partial charge in [0, 0.05) is 18.1 Å². The number of aryl methyl sites for hydroxylation is 1. The van der Waals surface area contributed by atoms with Gasteiger partial charge in [0.25, 0.3) is 10.0 Å². The molecule has 3 rings (SSSR count). The van der Waals surface area contributed by atoms with Crippen LogP contribution < -0.4 is 14.4 Å². The minimum atomic E-state index is -4.15. The summed E-state index contributed by atoms with van der Waals surface area (Å²) in [6, 6.07) is 19.0. The molecule has 0 bridgehead atoms. The number of ether oxygens (including phenoxy) is 1. The molecule has 1 N–H and O–H groups in total. The molecule has 0 spiro atoms. The zero-order valence-electron chi connectivity index (χ0n) is 22.6. The highest BCUT2D eigenvalue weighted by Crippen LogP contribution is 2.26.